The molecule has 3 fully saturated rings. The van der Waals surface area contributed by atoms with E-state index in [1.54, 1.807) is 11.1 Å². The number of nitrogens with zero attached hydrogens (tertiary/aromatic N) is 6. The Morgan fingerprint density at radius 3 is 2.57 bits per heavy atom. The Labute approximate surface area is 213 Å². The minimum atomic E-state index is -4.53. The van der Waals surface area contributed by atoms with Crippen molar-refractivity contribution in [3.63, 3.8) is 0 Å². The van der Waals surface area contributed by atoms with Crippen molar-refractivity contribution in [3.05, 3.63) is 29.6 Å². The van der Waals surface area contributed by atoms with Crippen LogP contribution in [0.3, 0.4) is 0 Å². The number of hydrogen-bond donors (Lipinski definition) is 2. The molecule has 2 aromatic rings. The minimum absolute atomic E-state index is 0.0159. The molecule has 4 aliphatic rings. The van der Waals surface area contributed by atoms with E-state index in [0.717, 1.165) is 43.9 Å². The largest absolute Gasteiger partial charge is 0.418 e. The number of likely N-dealkylation sites (N-methyl/N-ethyl adjacent to an activating group) is 1. The topological polar surface area (TPSA) is 89.5 Å². The number of alkyl halides is 3. The van der Waals surface area contributed by atoms with E-state index in [2.05, 4.69) is 30.5 Å². The first kappa shape index (κ1) is 24.2. The van der Waals surface area contributed by atoms with Crippen LogP contribution in [0.5, 0.6) is 0 Å². The second-order valence-electron chi connectivity index (χ2n) is 10.6. The fourth-order valence-corrected chi connectivity index (χ4v) is 6.10. The molecule has 2 N–H and O–H groups in total. The van der Waals surface area contributed by atoms with Crippen molar-refractivity contribution < 1.29 is 18.0 Å². The molecule has 1 spiro atoms. The summed E-state index contributed by atoms with van der Waals surface area (Å²) in [6.07, 6.45) is 4.04. The molecule has 6 rings (SSSR count). The summed E-state index contributed by atoms with van der Waals surface area (Å²) in [5, 5.41) is 6.17. The van der Waals surface area contributed by atoms with Gasteiger partial charge in [0, 0.05) is 56.9 Å². The summed E-state index contributed by atoms with van der Waals surface area (Å²) in [4.78, 5) is 32.2. The van der Waals surface area contributed by atoms with Crippen molar-refractivity contribution in [1.82, 2.24) is 24.8 Å². The molecule has 1 aliphatic carbocycles. The average Bonchev–Trinajstić information content (AvgIpc) is 3.59. The van der Waals surface area contributed by atoms with Gasteiger partial charge in [0.25, 0.3) is 0 Å². The van der Waals surface area contributed by atoms with E-state index < -0.39 is 17.3 Å². The first-order valence-electron chi connectivity index (χ1n) is 12.9. The van der Waals surface area contributed by atoms with Crippen molar-refractivity contribution in [2.24, 2.45) is 0 Å². The van der Waals surface area contributed by atoms with Gasteiger partial charge in [-0.2, -0.15) is 18.2 Å². The van der Waals surface area contributed by atoms with Crippen LogP contribution in [0.25, 0.3) is 0 Å². The second-order valence-corrected chi connectivity index (χ2v) is 10.6. The molecule has 1 saturated carbocycles. The highest BCUT2D eigenvalue weighted by molar-refractivity contribution is 5.94. The van der Waals surface area contributed by atoms with Crippen LogP contribution in [-0.4, -0.2) is 82.0 Å². The molecule has 2 saturated heterocycles. The number of fused-ring (bicyclic) bond motifs is 1. The number of pyridine rings is 1. The van der Waals surface area contributed by atoms with Gasteiger partial charge in [-0.25, -0.2) is 9.97 Å². The average molecular weight is 517 g/mol. The third-order valence-electron chi connectivity index (χ3n) is 8.20. The first-order valence-corrected chi connectivity index (χ1v) is 12.9. The van der Waals surface area contributed by atoms with E-state index >= 15 is 0 Å². The highest BCUT2D eigenvalue weighted by Crippen LogP contribution is 2.41. The van der Waals surface area contributed by atoms with Gasteiger partial charge in [0.1, 0.15) is 17.2 Å². The van der Waals surface area contributed by atoms with E-state index in [1.807, 2.05) is 11.9 Å². The Hall–Kier alpha value is -3.15. The van der Waals surface area contributed by atoms with Crippen molar-refractivity contribution in [2.45, 2.75) is 56.3 Å². The van der Waals surface area contributed by atoms with Crippen molar-refractivity contribution in [3.8, 4) is 0 Å². The number of aromatic nitrogens is 3. The Morgan fingerprint density at radius 2 is 1.84 bits per heavy atom. The summed E-state index contributed by atoms with van der Waals surface area (Å²) in [6.45, 7) is 3.12. The Kier molecular flexibility index (Phi) is 5.89. The lowest BCUT2D eigenvalue weighted by Crippen LogP contribution is -2.47. The number of likely N-dealkylation sites (tertiary alicyclic amines) is 1. The predicted octanol–water partition coefficient (Wildman–Crippen LogP) is 3.27. The number of anilines is 4. The van der Waals surface area contributed by atoms with Crippen LogP contribution in [0.1, 0.15) is 43.2 Å². The van der Waals surface area contributed by atoms with Crippen LogP contribution >= 0.6 is 0 Å². The van der Waals surface area contributed by atoms with Crippen LogP contribution in [0.15, 0.2) is 18.5 Å². The third kappa shape index (κ3) is 4.45. The van der Waals surface area contributed by atoms with Crippen LogP contribution in [-0.2, 0) is 17.4 Å². The first-order chi connectivity index (χ1) is 17.7. The maximum Gasteiger partial charge on any atom is 0.418 e. The number of carbonyl (C=O) groups excluding carboxylic acids is 1. The molecule has 37 heavy (non-hydrogen) atoms. The van der Waals surface area contributed by atoms with Gasteiger partial charge < -0.3 is 25.3 Å². The summed E-state index contributed by atoms with van der Waals surface area (Å²) in [5.41, 5.74) is -0.529. The maximum absolute atomic E-state index is 14.0. The van der Waals surface area contributed by atoms with Gasteiger partial charge >= 0.3 is 6.18 Å². The molecule has 1 atom stereocenters. The zero-order valence-corrected chi connectivity index (χ0v) is 20.8. The molecule has 3 aliphatic heterocycles. The molecule has 12 heteroatoms. The van der Waals surface area contributed by atoms with Crippen LogP contribution in [0.4, 0.5) is 36.4 Å². The number of amides is 1. The van der Waals surface area contributed by atoms with E-state index in [1.165, 1.54) is 6.20 Å². The minimum Gasteiger partial charge on any atom is -0.367 e. The second kappa shape index (κ2) is 9.00. The Morgan fingerprint density at radius 1 is 1.08 bits per heavy atom. The maximum atomic E-state index is 14.0. The molecule has 2 aromatic heterocycles. The third-order valence-corrected chi connectivity index (χ3v) is 8.20. The zero-order valence-electron chi connectivity index (χ0n) is 20.8. The molecule has 1 unspecified atom stereocenters. The Bertz CT molecular complexity index is 1190. The smallest absolute Gasteiger partial charge is 0.367 e. The normalized spacial score (nSPS) is 24.7. The standard InChI is InChI=1S/C25H31F3N8O/c1-34-8-10-35(11-9-34)19-15-29-20(12-18(19)25(26,27)28)31-23-30-14-16-13-24(33-21(16)32-23)6-7-36(22(24)37)17-4-2-3-5-17/h12,14-15,17H,2-11,13H2,1H3,(H2,29,30,31,32,33). The van der Waals surface area contributed by atoms with E-state index in [0.29, 0.717) is 50.9 Å². The zero-order chi connectivity index (χ0) is 25.8. The molecular weight excluding hydrogens is 485 g/mol. The molecule has 9 nitrogen and oxygen atoms in total. The van der Waals surface area contributed by atoms with Crippen LogP contribution in [0.2, 0.25) is 0 Å². The lowest BCUT2D eigenvalue weighted by atomic mass is 9.94. The molecule has 0 radical (unpaired) electrons. The molecule has 0 aromatic carbocycles. The molecule has 198 valence electrons. The Balaban J connectivity index is 1.20. The van der Waals surface area contributed by atoms with Gasteiger partial charge in [-0.1, -0.05) is 12.8 Å². The summed E-state index contributed by atoms with van der Waals surface area (Å²) < 4.78 is 41.9. The van der Waals surface area contributed by atoms with Gasteiger partial charge in [0.05, 0.1) is 17.4 Å². The molecule has 1 amide bonds. The van der Waals surface area contributed by atoms with Crippen LogP contribution < -0.4 is 15.5 Å². The summed E-state index contributed by atoms with van der Waals surface area (Å²) in [5.74, 6) is 0.809. The fraction of sp³-hybridized carbons (Fsp3) is 0.600. The molecule has 5 heterocycles. The summed E-state index contributed by atoms with van der Waals surface area (Å²) in [6, 6.07) is 1.34. The highest BCUT2D eigenvalue weighted by Gasteiger charge is 2.52. The predicted molar refractivity (Wildman–Crippen MR) is 133 cm³/mol. The highest BCUT2D eigenvalue weighted by atomic mass is 19.4. The number of nitrogens with one attached hydrogen (secondary N) is 2. The number of piperazine rings is 1. The lowest BCUT2D eigenvalue weighted by molar-refractivity contribution is -0.137. The van der Waals surface area contributed by atoms with Gasteiger partial charge in [-0.3, -0.25) is 4.79 Å². The van der Waals surface area contributed by atoms with Crippen molar-refractivity contribution in [1.29, 1.82) is 0 Å². The number of carbonyl (C=O) groups is 1. The van der Waals surface area contributed by atoms with Gasteiger partial charge in [0.15, 0.2) is 0 Å². The van der Waals surface area contributed by atoms with Crippen molar-refractivity contribution >= 4 is 29.2 Å². The molecular formula is C25H31F3N8O. The van der Waals surface area contributed by atoms with E-state index in [-0.39, 0.29) is 23.4 Å². The van der Waals surface area contributed by atoms with Crippen LogP contribution in [0, 0.1) is 0 Å². The SMILES string of the molecule is CN1CCN(c2cnc(Nc3ncc4c(n3)NC3(CCN(C5CCCC5)C3=O)C4)cc2C(F)(F)F)CC1. The van der Waals surface area contributed by atoms with E-state index in [9.17, 15) is 18.0 Å². The lowest BCUT2D eigenvalue weighted by Gasteiger charge is -2.35. The monoisotopic (exact) mass is 516 g/mol. The molecule has 0 bridgehead atoms. The summed E-state index contributed by atoms with van der Waals surface area (Å²) >= 11 is 0. The van der Waals surface area contributed by atoms with Gasteiger partial charge in [-0.05, 0) is 32.4 Å². The summed E-state index contributed by atoms with van der Waals surface area (Å²) in [7, 11) is 1.95. The number of hydrogen-bond acceptors (Lipinski definition) is 8. The fourth-order valence-electron chi connectivity index (χ4n) is 6.10. The van der Waals surface area contributed by atoms with Gasteiger partial charge in [-0.15, -0.1) is 0 Å². The number of halogens is 3. The van der Waals surface area contributed by atoms with Gasteiger partial charge in [0.2, 0.25) is 11.9 Å². The number of rotatable bonds is 4. The quantitative estimate of drug-likeness (QED) is 0.640. The van der Waals surface area contributed by atoms with Crippen molar-refractivity contribution in [2.75, 3.05) is 55.3 Å². The van der Waals surface area contributed by atoms with E-state index in [4.69, 9.17) is 0 Å².